The fourth-order valence-electron chi connectivity index (χ4n) is 2.27. The molecule has 2 aromatic rings. The van der Waals surface area contributed by atoms with Gasteiger partial charge >= 0.3 is 0 Å². The standard InChI is InChI=1S/C18H20N2O3/c1-18(2,3)16-9-14(15(10-19)17(21)20-16)11-6-12(22-4)8-13(7-11)23-5/h6-9H,1-5H3,(H,20,21). The molecule has 5 heteroatoms. The molecule has 0 radical (unpaired) electrons. The Balaban J connectivity index is 2.79. The fraction of sp³-hybridized carbons (Fsp3) is 0.333. The lowest BCUT2D eigenvalue weighted by molar-refractivity contribution is 0.394. The van der Waals surface area contributed by atoms with E-state index in [9.17, 15) is 10.1 Å². The first-order valence-corrected chi connectivity index (χ1v) is 7.21. The first kappa shape index (κ1) is 16.6. The predicted molar refractivity (Wildman–Crippen MR) is 89.0 cm³/mol. The van der Waals surface area contributed by atoms with Gasteiger partial charge in [0.25, 0.3) is 5.56 Å². The summed E-state index contributed by atoms with van der Waals surface area (Å²) < 4.78 is 10.5. The Labute approximate surface area is 135 Å². The third kappa shape index (κ3) is 3.37. The Kier molecular flexibility index (Phi) is 4.46. The Bertz CT molecular complexity index is 801. The van der Waals surface area contributed by atoms with E-state index in [1.807, 2.05) is 32.9 Å². The molecule has 120 valence electrons. The number of methoxy groups -OCH3 is 2. The van der Waals surface area contributed by atoms with Crippen LogP contribution >= 0.6 is 0 Å². The Hall–Kier alpha value is -2.74. The van der Waals surface area contributed by atoms with Gasteiger partial charge in [-0.25, -0.2) is 0 Å². The van der Waals surface area contributed by atoms with Crippen LogP contribution in [0, 0.1) is 11.3 Å². The van der Waals surface area contributed by atoms with Gasteiger partial charge in [0.1, 0.15) is 23.1 Å². The van der Waals surface area contributed by atoms with Crippen LogP contribution < -0.4 is 15.0 Å². The van der Waals surface area contributed by atoms with E-state index < -0.39 is 5.56 Å². The quantitative estimate of drug-likeness (QED) is 0.944. The summed E-state index contributed by atoms with van der Waals surface area (Å²) in [5.74, 6) is 1.20. The summed E-state index contributed by atoms with van der Waals surface area (Å²) in [4.78, 5) is 15.1. The van der Waals surface area contributed by atoms with E-state index in [1.54, 1.807) is 32.4 Å². The molecule has 1 aromatic carbocycles. The average molecular weight is 312 g/mol. The minimum atomic E-state index is -0.392. The van der Waals surface area contributed by atoms with Gasteiger partial charge in [-0.3, -0.25) is 4.79 Å². The van der Waals surface area contributed by atoms with E-state index in [2.05, 4.69) is 4.98 Å². The summed E-state index contributed by atoms with van der Waals surface area (Å²) in [5.41, 5.74) is 1.47. The minimum Gasteiger partial charge on any atom is -0.497 e. The van der Waals surface area contributed by atoms with Crippen molar-refractivity contribution in [3.63, 3.8) is 0 Å². The molecule has 2 rings (SSSR count). The van der Waals surface area contributed by atoms with Crippen molar-refractivity contribution in [1.82, 2.24) is 4.98 Å². The largest absolute Gasteiger partial charge is 0.497 e. The number of ether oxygens (including phenoxy) is 2. The third-order valence-electron chi connectivity index (χ3n) is 3.62. The third-order valence-corrected chi connectivity index (χ3v) is 3.62. The second kappa shape index (κ2) is 6.17. The SMILES string of the molecule is COc1cc(OC)cc(-c2cc(C(C)(C)C)[nH]c(=O)c2C#N)c1. The molecular formula is C18H20N2O3. The van der Waals surface area contributed by atoms with E-state index in [0.29, 0.717) is 22.6 Å². The zero-order valence-electron chi connectivity index (χ0n) is 14.0. The zero-order valence-corrected chi connectivity index (χ0v) is 14.0. The van der Waals surface area contributed by atoms with Crippen molar-refractivity contribution < 1.29 is 9.47 Å². The summed E-state index contributed by atoms with van der Waals surface area (Å²) in [5, 5.41) is 9.37. The molecule has 0 unspecified atom stereocenters. The number of nitrogens with zero attached hydrogens (tertiary/aromatic N) is 1. The van der Waals surface area contributed by atoms with Crippen molar-refractivity contribution >= 4 is 0 Å². The highest BCUT2D eigenvalue weighted by Gasteiger charge is 2.20. The van der Waals surface area contributed by atoms with Gasteiger partial charge in [-0.1, -0.05) is 20.8 Å². The van der Waals surface area contributed by atoms with Crippen LogP contribution in [0.1, 0.15) is 32.0 Å². The van der Waals surface area contributed by atoms with Crippen molar-refractivity contribution in [2.24, 2.45) is 0 Å². The van der Waals surface area contributed by atoms with Crippen molar-refractivity contribution in [3.8, 4) is 28.7 Å². The van der Waals surface area contributed by atoms with Gasteiger partial charge < -0.3 is 14.5 Å². The van der Waals surface area contributed by atoms with Gasteiger partial charge in [0, 0.05) is 22.7 Å². The fourth-order valence-corrected chi connectivity index (χ4v) is 2.27. The first-order chi connectivity index (χ1) is 10.8. The highest BCUT2D eigenvalue weighted by atomic mass is 16.5. The number of hydrogen-bond acceptors (Lipinski definition) is 4. The number of H-pyrrole nitrogens is 1. The number of rotatable bonds is 3. The summed E-state index contributed by atoms with van der Waals surface area (Å²) >= 11 is 0. The minimum absolute atomic E-state index is 0.0771. The molecule has 0 atom stereocenters. The van der Waals surface area contributed by atoms with E-state index in [-0.39, 0.29) is 11.0 Å². The van der Waals surface area contributed by atoms with Gasteiger partial charge in [-0.15, -0.1) is 0 Å². The second-order valence-electron chi connectivity index (χ2n) is 6.26. The molecule has 0 bridgehead atoms. The Morgan fingerprint density at radius 2 is 1.61 bits per heavy atom. The van der Waals surface area contributed by atoms with Crippen LogP contribution in [-0.4, -0.2) is 19.2 Å². The van der Waals surface area contributed by atoms with Crippen LogP contribution in [0.15, 0.2) is 29.1 Å². The van der Waals surface area contributed by atoms with Gasteiger partial charge in [0.05, 0.1) is 14.2 Å². The molecule has 0 spiro atoms. The van der Waals surface area contributed by atoms with Crippen LogP contribution in [-0.2, 0) is 5.41 Å². The molecule has 0 aliphatic rings. The molecule has 1 N–H and O–H groups in total. The molecule has 0 fully saturated rings. The topological polar surface area (TPSA) is 75.1 Å². The highest BCUT2D eigenvalue weighted by molar-refractivity contribution is 5.73. The maximum Gasteiger partial charge on any atom is 0.266 e. The average Bonchev–Trinajstić information content (AvgIpc) is 2.52. The van der Waals surface area contributed by atoms with E-state index in [0.717, 1.165) is 5.69 Å². The van der Waals surface area contributed by atoms with E-state index in [4.69, 9.17) is 9.47 Å². The lowest BCUT2D eigenvalue weighted by atomic mass is 9.88. The van der Waals surface area contributed by atoms with E-state index in [1.165, 1.54) is 0 Å². The molecular weight excluding hydrogens is 292 g/mol. The molecule has 23 heavy (non-hydrogen) atoms. The Morgan fingerprint density at radius 1 is 1.04 bits per heavy atom. The van der Waals surface area contributed by atoms with Crippen molar-refractivity contribution in [3.05, 3.63) is 45.9 Å². The molecule has 5 nitrogen and oxygen atoms in total. The molecule has 1 aromatic heterocycles. The summed E-state index contributed by atoms with van der Waals surface area (Å²) in [7, 11) is 3.12. The van der Waals surface area contributed by atoms with Crippen LogP contribution in [0.4, 0.5) is 0 Å². The van der Waals surface area contributed by atoms with Gasteiger partial charge in [-0.05, 0) is 23.8 Å². The van der Waals surface area contributed by atoms with Crippen LogP contribution in [0.25, 0.3) is 11.1 Å². The van der Waals surface area contributed by atoms with Crippen molar-refractivity contribution in [2.45, 2.75) is 26.2 Å². The maximum absolute atomic E-state index is 12.3. The smallest absolute Gasteiger partial charge is 0.266 e. The number of nitriles is 1. The van der Waals surface area contributed by atoms with Gasteiger partial charge in [0.15, 0.2) is 0 Å². The molecule has 0 aliphatic carbocycles. The van der Waals surface area contributed by atoms with Crippen LogP contribution in [0.3, 0.4) is 0 Å². The summed E-state index contributed by atoms with van der Waals surface area (Å²) in [6.07, 6.45) is 0. The molecule has 0 amide bonds. The monoisotopic (exact) mass is 312 g/mol. The maximum atomic E-state index is 12.3. The normalized spacial score (nSPS) is 11.0. The molecule has 0 saturated carbocycles. The first-order valence-electron chi connectivity index (χ1n) is 7.21. The lowest BCUT2D eigenvalue weighted by Gasteiger charge is -2.20. The summed E-state index contributed by atoms with van der Waals surface area (Å²) in [6.45, 7) is 6.00. The van der Waals surface area contributed by atoms with Gasteiger partial charge in [0.2, 0.25) is 0 Å². The predicted octanol–water partition coefficient (Wildman–Crippen LogP) is 3.23. The zero-order chi connectivity index (χ0) is 17.2. The van der Waals surface area contributed by atoms with Crippen LogP contribution in [0.2, 0.25) is 0 Å². The van der Waals surface area contributed by atoms with E-state index >= 15 is 0 Å². The molecule has 0 saturated heterocycles. The number of nitrogens with one attached hydrogen (secondary N) is 1. The van der Waals surface area contributed by atoms with Gasteiger partial charge in [-0.2, -0.15) is 5.26 Å². The number of hydrogen-bond donors (Lipinski definition) is 1. The number of aromatic amines is 1. The number of aromatic nitrogens is 1. The second-order valence-corrected chi connectivity index (χ2v) is 6.26. The number of benzene rings is 1. The highest BCUT2D eigenvalue weighted by Crippen LogP contribution is 2.32. The van der Waals surface area contributed by atoms with Crippen molar-refractivity contribution in [1.29, 1.82) is 5.26 Å². The summed E-state index contributed by atoms with van der Waals surface area (Å²) in [6, 6.07) is 9.14. The lowest BCUT2D eigenvalue weighted by Crippen LogP contribution is -2.22. The molecule has 0 aliphatic heterocycles. The number of pyridine rings is 1. The Morgan fingerprint density at radius 3 is 2.04 bits per heavy atom. The van der Waals surface area contributed by atoms with Crippen LogP contribution in [0.5, 0.6) is 11.5 Å². The molecule has 1 heterocycles. The van der Waals surface area contributed by atoms with Crippen molar-refractivity contribution in [2.75, 3.05) is 14.2 Å².